The van der Waals surface area contributed by atoms with Crippen molar-refractivity contribution in [1.29, 1.82) is 0 Å². The molecule has 0 bridgehead atoms. The molecule has 118 valence electrons. The Morgan fingerprint density at radius 3 is 2.32 bits per heavy atom. The largest absolute Gasteiger partial charge is 0.497 e. The van der Waals surface area contributed by atoms with E-state index in [9.17, 15) is 4.21 Å². The zero-order chi connectivity index (χ0) is 15.9. The van der Waals surface area contributed by atoms with Crippen molar-refractivity contribution < 1.29 is 8.95 Å². The molecule has 2 aromatic carbocycles. The van der Waals surface area contributed by atoms with Gasteiger partial charge < -0.3 is 4.74 Å². The highest BCUT2D eigenvalue weighted by Crippen LogP contribution is 2.20. The van der Waals surface area contributed by atoms with Crippen LogP contribution >= 0.6 is 11.6 Å². The molecule has 0 heterocycles. The van der Waals surface area contributed by atoms with Gasteiger partial charge in [-0.2, -0.15) is 0 Å². The van der Waals surface area contributed by atoms with E-state index < -0.39 is 10.8 Å². The summed E-state index contributed by atoms with van der Waals surface area (Å²) in [6.07, 6.45) is 2.57. The molecule has 0 amide bonds. The van der Waals surface area contributed by atoms with Gasteiger partial charge in [-0.25, -0.2) is 0 Å². The Kier molecular flexibility index (Phi) is 6.47. The lowest BCUT2D eigenvalue weighted by molar-refractivity contribution is 0.414. The molecule has 0 N–H and O–H groups in total. The lowest BCUT2D eigenvalue weighted by Gasteiger charge is -2.10. The van der Waals surface area contributed by atoms with Crippen LogP contribution in [0.1, 0.15) is 24.0 Å². The van der Waals surface area contributed by atoms with Crippen LogP contribution in [0.2, 0.25) is 0 Å². The van der Waals surface area contributed by atoms with Crippen molar-refractivity contribution >= 4 is 22.4 Å². The minimum Gasteiger partial charge on any atom is -0.497 e. The second kappa shape index (κ2) is 8.35. The summed E-state index contributed by atoms with van der Waals surface area (Å²) in [7, 11) is 0.506. The average Bonchev–Trinajstić information content (AvgIpc) is 2.55. The molecule has 2 atom stereocenters. The van der Waals surface area contributed by atoms with Gasteiger partial charge in [-0.15, -0.1) is 11.6 Å². The predicted octanol–water partition coefficient (Wildman–Crippen LogP) is 4.70. The summed E-state index contributed by atoms with van der Waals surface area (Å²) in [5, 5.41) is 0. The number of alkyl halides is 1. The van der Waals surface area contributed by atoms with Crippen LogP contribution in [0.5, 0.6) is 5.75 Å². The molecule has 2 aromatic rings. The number of rotatable bonds is 7. The van der Waals surface area contributed by atoms with Gasteiger partial charge in [0.2, 0.25) is 0 Å². The lowest BCUT2D eigenvalue weighted by atomic mass is 10.1. The number of hydrogen-bond donors (Lipinski definition) is 0. The van der Waals surface area contributed by atoms with Crippen LogP contribution < -0.4 is 4.74 Å². The van der Waals surface area contributed by atoms with E-state index in [4.69, 9.17) is 16.3 Å². The number of aryl methyl sites for hydroxylation is 2. The smallest absolute Gasteiger partial charge is 0.118 e. The summed E-state index contributed by atoms with van der Waals surface area (Å²) in [4.78, 5) is 0.801. The van der Waals surface area contributed by atoms with Gasteiger partial charge in [-0.05, 0) is 56.0 Å². The van der Waals surface area contributed by atoms with E-state index in [1.807, 2.05) is 43.3 Å². The fourth-order valence-corrected chi connectivity index (χ4v) is 3.73. The molecule has 4 heteroatoms. The molecule has 0 saturated heterocycles. The van der Waals surface area contributed by atoms with Gasteiger partial charge in [0.1, 0.15) is 10.5 Å². The molecule has 0 aromatic heterocycles. The summed E-state index contributed by atoms with van der Waals surface area (Å²) in [6.45, 7) is 2.01. The zero-order valence-corrected chi connectivity index (χ0v) is 14.5. The molecule has 0 saturated carbocycles. The molecule has 0 radical (unpaired) electrons. The second-order valence-corrected chi connectivity index (χ2v) is 7.68. The maximum absolute atomic E-state index is 12.3. The fraction of sp³-hybridized carbons (Fsp3) is 0.333. The molecular formula is C18H21ClO2S. The first-order valence-corrected chi connectivity index (χ1v) is 8.99. The third-order valence-electron chi connectivity index (χ3n) is 3.54. The van der Waals surface area contributed by atoms with Gasteiger partial charge in [-0.3, -0.25) is 4.21 Å². The average molecular weight is 337 g/mol. The maximum Gasteiger partial charge on any atom is 0.118 e. The van der Waals surface area contributed by atoms with Crippen molar-refractivity contribution in [3.8, 4) is 5.75 Å². The SMILES string of the molecule is COc1ccc(CCCC(Cl)S(=O)c2ccc(C)cc2)cc1. The molecule has 0 spiro atoms. The highest BCUT2D eigenvalue weighted by atomic mass is 35.5. The summed E-state index contributed by atoms with van der Waals surface area (Å²) < 4.78 is 17.1. The summed E-state index contributed by atoms with van der Waals surface area (Å²) in [6, 6.07) is 15.7. The standard InChI is InChI=1S/C18H21ClO2S/c1-14-6-12-17(13-7-14)22(20)18(19)5-3-4-15-8-10-16(21-2)11-9-15/h6-13,18H,3-5H2,1-2H3. The van der Waals surface area contributed by atoms with Crippen LogP contribution in [0, 0.1) is 6.92 Å². The van der Waals surface area contributed by atoms with E-state index in [1.54, 1.807) is 7.11 Å². The van der Waals surface area contributed by atoms with Crippen LogP contribution in [-0.2, 0) is 17.2 Å². The number of hydrogen-bond acceptors (Lipinski definition) is 2. The highest BCUT2D eigenvalue weighted by molar-refractivity contribution is 7.87. The van der Waals surface area contributed by atoms with Gasteiger partial charge >= 0.3 is 0 Å². The molecule has 0 fully saturated rings. The molecule has 0 aliphatic rings. The van der Waals surface area contributed by atoms with Gasteiger partial charge in [0.15, 0.2) is 0 Å². The molecule has 22 heavy (non-hydrogen) atoms. The molecule has 0 aliphatic heterocycles. The van der Waals surface area contributed by atoms with Crippen molar-refractivity contribution in [2.24, 2.45) is 0 Å². The quantitative estimate of drug-likeness (QED) is 0.685. The number of halogens is 1. The fourth-order valence-electron chi connectivity index (χ4n) is 2.19. The highest BCUT2D eigenvalue weighted by Gasteiger charge is 2.15. The number of benzene rings is 2. The summed E-state index contributed by atoms with van der Waals surface area (Å²) in [5.74, 6) is 0.861. The third-order valence-corrected chi connectivity index (χ3v) is 5.68. The third kappa shape index (κ3) is 4.85. The maximum atomic E-state index is 12.3. The summed E-state index contributed by atoms with van der Waals surface area (Å²) >= 11 is 6.30. The second-order valence-electron chi connectivity index (χ2n) is 5.26. The first-order valence-electron chi connectivity index (χ1n) is 7.34. The molecular weight excluding hydrogens is 316 g/mol. The normalized spacial score (nSPS) is 13.6. The summed E-state index contributed by atoms with van der Waals surface area (Å²) in [5.41, 5.74) is 2.40. The topological polar surface area (TPSA) is 26.3 Å². The Morgan fingerprint density at radius 1 is 1.09 bits per heavy atom. The first-order chi connectivity index (χ1) is 10.6. The minimum absolute atomic E-state index is 0.346. The van der Waals surface area contributed by atoms with E-state index >= 15 is 0 Å². The molecule has 0 aliphatic carbocycles. The van der Waals surface area contributed by atoms with Gasteiger partial charge in [0.25, 0.3) is 0 Å². The zero-order valence-electron chi connectivity index (χ0n) is 12.9. The Hall–Kier alpha value is -1.32. The van der Waals surface area contributed by atoms with Crippen LogP contribution in [0.3, 0.4) is 0 Å². The van der Waals surface area contributed by atoms with Crippen molar-refractivity contribution in [2.45, 2.75) is 35.8 Å². The van der Waals surface area contributed by atoms with Crippen molar-refractivity contribution in [3.05, 3.63) is 59.7 Å². The van der Waals surface area contributed by atoms with E-state index in [0.29, 0.717) is 0 Å². The minimum atomic E-state index is -1.15. The number of methoxy groups -OCH3 is 1. The van der Waals surface area contributed by atoms with Crippen LogP contribution in [0.4, 0.5) is 0 Å². The van der Waals surface area contributed by atoms with Crippen molar-refractivity contribution in [1.82, 2.24) is 0 Å². The Bertz CT molecular complexity index is 608. The molecule has 2 nitrogen and oxygen atoms in total. The van der Waals surface area contributed by atoms with Crippen LogP contribution in [0.25, 0.3) is 0 Å². The Balaban J connectivity index is 1.82. The van der Waals surface area contributed by atoms with Gasteiger partial charge in [0.05, 0.1) is 17.9 Å². The van der Waals surface area contributed by atoms with Gasteiger partial charge in [0, 0.05) is 4.90 Å². The Labute approximate surface area is 139 Å². The monoisotopic (exact) mass is 336 g/mol. The van der Waals surface area contributed by atoms with Crippen LogP contribution in [-0.4, -0.2) is 16.0 Å². The molecule has 2 unspecified atom stereocenters. The van der Waals surface area contributed by atoms with E-state index in [1.165, 1.54) is 5.56 Å². The van der Waals surface area contributed by atoms with E-state index in [2.05, 4.69) is 12.1 Å². The number of ether oxygens (including phenoxy) is 1. The van der Waals surface area contributed by atoms with Crippen molar-refractivity contribution in [3.63, 3.8) is 0 Å². The van der Waals surface area contributed by atoms with E-state index in [-0.39, 0.29) is 4.71 Å². The van der Waals surface area contributed by atoms with E-state index in [0.717, 1.165) is 35.5 Å². The first kappa shape index (κ1) is 17.0. The molecule has 2 rings (SSSR count). The van der Waals surface area contributed by atoms with Gasteiger partial charge in [-0.1, -0.05) is 29.8 Å². The van der Waals surface area contributed by atoms with Crippen molar-refractivity contribution in [2.75, 3.05) is 7.11 Å². The Morgan fingerprint density at radius 2 is 1.73 bits per heavy atom. The van der Waals surface area contributed by atoms with Crippen LogP contribution in [0.15, 0.2) is 53.4 Å². The predicted molar refractivity (Wildman–Crippen MR) is 93.2 cm³/mol. The lowest BCUT2D eigenvalue weighted by Crippen LogP contribution is -2.08.